The third-order valence-electron chi connectivity index (χ3n) is 7.64. The third kappa shape index (κ3) is 14.8. The van der Waals surface area contributed by atoms with Gasteiger partial charge >= 0.3 is 0 Å². The first kappa shape index (κ1) is 31.8. The predicted molar refractivity (Wildman–Crippen MR) is 153 cm³/mol. The van der Waals surface area contributed by atoms with Crippen molar-refractivity contribution >= 4 is 11.6 Å². The third-order valence-corrected chi connectivity index (χ3v) is 7.64. The highest BCUT2D eigenvalue weighted by molar-refractivity contribution is 6.22. The minimum atomic E-state index is 0.145. The predicted octanol–water partition coefficient (Wildman–Crippen LogP) is 10.8. The van der Waals surface area contributed by atoms with E-state index in [1.807, 2.05) is 0 Å². The molecule has 0 N–H and O–H groups in total. The molecule has 2 heteroatoms. The summed E-state index contributed by atoms with van der Waals surface area (Å²) in [6.07, 6.45) is 30.2. The van der Waals surface area contributed by atoms with Crippen molar-refractivity contribution < 1.29 is 9.59 Å². The SMILES string of the molecule is CCCCCCCCCC1=CC(=O)C(CCCCCCCCC)=C(CCCCCCCCC)C1=O. The lowest BCUT2D eigenvalue weighted by Crippen LogP contribution is -2.20. The van der Waals surface area contributed by atoms with Crippen LogP contribution in [0.1, 0.15) is 175 Å². The van der Waals surface area contributed by atoms with Gasteiger partial charge in [-0.2, -0.15) is 0 Å². The van der Waals surface area contributed by atoms with Gasteiger partial charge in [0.25, 0.3) is 0 Å². The highest BCUT2D eigenvalue weighted by Crippen LogP contribution is 2.30. The van der Waals surface area contributed by atoms with Crippen molar-refractivity contribution in [3.05, 3.63) is 22.8 Å². The Bertz CT molecular complexity index is 625. The molecule has 1 aliphatic carbocycles. The average Bonchev–Trinajstić information content (AvgIpc) is 2.85. The second kappa shape index (κ2) is 22.1. The van der Waals surface area contributed by atoms with E-state index in [0.717, 1.165) is 55.2 Å². The lowest BCUT2D eigenvalue weighted by atomic mass is 9.82. The van der Waals surface area contributed by atoms with Crippen LogP contribution < -0.4 is 0 Å². The second-order valence-electron chi connectivity index (χ2n) is 10.9. The Kier molecular flexibility index (Phi) is 20.1. The van der Waals surface area contributed by atoms with Crippen molar-refractivity contribution in [3.63, 3.8) is 0 Å². The maximum Gasteiger partial charge on any atom is 0.185 e. The van der Waals surface area contributed by atoms with Crippen LogP contribution in [-0.2, 0) is 9.59 Å². The molecule has 0 saturated heterocycles. The highest BCUT2D eigenvalue weighted by Gasteiger charge is 2.27. The average molecular weight is 487 g/mol. The molecule has 0 aromatic rings. The molecule has 202 valence electrons. The van der Waals surface area contributed by atoms with E-state index >= 15 is 0 Å². The number of ketones is 2. The highest BCUT2D eigenvalue weighted by atomic mass is 16.1. The van der Waals surface area contributed by atoms with Gasteiger partial charge in [-0.1, -0.05) is 136 Å². The first-order valence-electron chi connectivity index (χ1n) is 15.7. The zero-order chi connectivity index (χ0) is 25.6. The van der Waals surface area contributed by atoms with Crippen LogP contribution in [0.3, 0.4) is 0 Å². The van der Waals surface area contributed by atoms with Crippen molar-refractivity contribution in [2.45, 2.75) is 175 Å². The standard InChI is InChI=1S/C33H58O2/c1-4-7-10-13-16-19-22-25-29-28-32(34)30(26-23-20-17-14-11-8-5-2)31(33(29)35)27-24-21-18-15-12-9-6-3/h28H,4-27H2,1-3H3. The fourth-order valence-corrected chi connectivity index (χ4v) is 5.31. The first-order valence-corrected chi connectivity index (χ1v) is 15.7. The van der Waals surface area contributed by atoms with Gasteiger partial charge in [0.1, 0.15) is 0 Å². The quantitative estimate of drug-likeness (QED) is 0.100. The van der Waals surface area contributed by atoms with E-state index in [1.165, 1.54) is 116 Å². The normalized spacial score (nSPS) is 14.2. The number of hydrogen-bond donors (Lipinski definition) is 0. The Morgan fingerprint density at radius 1 is 0.429 bits per heavy atom. The van der Waals surface area contributed by atoms with Crippen molar-refractivity contribution in [1.82, 2.24) is 0 Å². The molecule has 0 saturated carbocycles. The lowest BCUT2D eigenvalue weighted by molar-refractivity contribution is -0.116. The monoisotopic (exact) mass is 486 g/mol. The molecule has 35 heavy (non-hydrogen) atoms. The number of carbonyl (C=O) groups excluding carboxylic acids is 2. The van der Waals surface area contributed by atoms with Crippen LogP contribution >= 0.6 is 0 Å². The van der Waals surface area contributed by atoms with E-state index in [9.17, 15) is 9.59 Å². The van der Waals surface area contributed by atoms with Crippen LogP contribution in [0.25, 0.3) is 0 Å². The molecule has 0 fully saturated rings. The maximum atomic E-state index is 13.4. The summed E-state index contributed by atoms with van der Waals surface area (Å²) < 4.78 is 0. The number of hydrogen-bond acceptors (Lipinski definition) is 2. The molecule has 1 rings (SSSR count). The van der Waals surface area contributed by atoms with Gasteiger partial charge in [-0.3, -0.25) is 9.59 Å². The molecule has 1 aliphatic rings. The molecule has 0 aromatic heterocycles. The van der Waals surface area contributed by atoms with E-state index < -0.39 is 0 Å². The largest absolute Gasteiger partial charge is 0.290 e. The van der Waals surface area contributed by atoms with Crippen LogP contribution in [0.15, 0.2) is 22.8 Å². The summed E-state index contributed by atoms with van der Waals surface area (Å²) in [5, 5.41) is 0. The lowest BCUT2D eigenvalue weighted by Gasteiger charge is -2.20. The fourth-order valence-electron chi connectivity index (χ4n) is 5.31. The van der Waals surface area contributed by atoms with E-state index in [-0.39, 0.29) is 11.6 Å². The summed E-state index contributed by atoms with van der Waals surface area (Å²) in [7, 11) is 0. The summed E-state index contributed by atoms with van der Waals surface area (Å²) in [4.78, 5) is 26.5. The number of rotatable bonds is 24. The zero-order valence-electron chi connectivity index (χ0n) is 23.9. The van der Waals surface area contributed by atoms with Gasteiger partial charge in [0.2, 0.25) is 0 Å². The smallest absolute Gasteiger partial charge is 0.185 e. The van der Waals surface area contributed by atoms with Crippen LogP contribution in [0.4, 0.5) is 0 Å². The molecule has 0 atom stereocenters. The number of allylic oxidation sites excluding steroid dienone is 4. The molecule has 0 heterocycles. The van der Waals surface area contributed by atoms with Crippen molar-refractivity contribution in [3.8, 4) is 0 Å². The summed E-state index contributed by atoms with van der Waals surface area (Å²) in [5.74, 6) is 0.353. The van der Waals surface area contributed by atoms with Crippen LogP contribution in [-0.4, -0.2) is 11.6 Å². The number of Topliss-reactive ketones (excluding diaryl/α,β-unsaturated/α-hetero) is 1. The maximum absolute atomic E-state index is 13.4. The number of unbranched alkanes of at least 4 members (excludes halogenated alkanes) is 18. The first-order chi connectivity index (χ1) is 17.2. The Morgan fingerprint density at radius 2 is 0.771 bits per heavy atom. The van der Waals surface area contributed by atoms with Gasteiger partial charge in [-0.25, -0.2) is 0 Å². The Balaban J connectivity index is 2.59. The minimum Gasteiger partial charge on any atom is -0.290 e. The van der Waals surface area contributed by atoms with Gasteiger partial charge in [0.05, 0.1) is 0 Å². The van der Waals surface area contributed by atoms with Gasteiger partial charge in [-0.05, 0) is 44.6 Å². The summed E-state index contributed by atoms with van der Waals surface area (Å²) in [6.45, 7) is 6.75. The molecular formula is C33H58O2. The Hall–Kier alpha value is -1.18. The molecule has 0 aromatic carbocycles. The van der Waals surface area contributed by atoms with E-state index in [4.69, 9.17) is 0 Å². The summed E-state index contributed by atoms with van der Waals surface area (Å²) in [6, 6.07) is 0. The molecule has 0 bridgehead atoms. The van der Waals surface area contributed by atoms with Gasteiger partial charge in [0, 0.05) is 16.7 Å². The molecule has 0 spiro atoms. The van der Waals surface area contributed by atoms with E-state index in [2.05, 4.69) is 20.8 Å². The van der Waals surface area contributed by atoms with E-state index in [0.29, 0.717) is 0 Å². The van der Waals surface area contributed by atoms with Crippen LogP contribution in [0.2, 0.25) is 0 Å². The molecular weight excluding hydrogens is 428 g/mol. The van der Waals surface area contributed by atoms with Crippen molar-refractivity contribution in [2.24, 2.45) is 0 Å². The molecule has 0 unspecified atom stereocenters. The van der Waals surface area contributed by atoms with Gasteiger partial charge in [-0.15, -0.1) is 0 Å². The van der Waals surface area contributed by atoms with Crippen LogP contribution in [0, 0.1) is 0 Å². The Labute approximate surface area is 218 Å². The minimum absolute atomic E-state index is 0.145. The topological polar surface area (TPSA) is 34.1 Å². The van der Waals surface area contributed by atoms with E-state index in [1.54, 1.807) is 6.08 Å². The zero-order valence-corrected chi connectivity index (χ0v) is 23.9. The molecule has 2 nitrogen and oxygen atoms in total. The number of carbonyl (C=O) groups is 2. The summed E-state index contributed by atoms with van der Waals surface area (Å²) >= 11 is 0. The Morgan fingerprint density at radius 3 is 1.20 bits per heavy atom. The fraction of sp³-hybridized carbons (Fsp3) is 0.818. The molecule has 0 amide bonds. The van der Waals surface area contributed by atoms with Gasteiger partial charge in [0.15, 0.2) is 11.6 Å². The van der Waals surface area contributed by atoms with Crippen LogP contribution in [0.5, 0.6) is 0 Å². The molecule has 0 aliphatic heterocycles. The van der Waals surface area contributed by atoms with Crippen molar-refractivity contribution in [1.29, 1.82) is 0 Å². The summed E-state index contributed by atoms with van der Waals surface area (Å²) in [5.41, 5.74) is 2.54. The second-order valence-corrected chi connectivity index (χ2v) is 10.9. The van der Waals surface area contributed by atoms with Crippen molar-refractivity contribution in [2.75, 3.05) is 0 Å². The molecule has 0 radical (unpaired) electrons. The van der Waals surface area contributed by atoms with Gasteiger partial charge < -0.3 is 0 Å².